The number of hydrogen-bond acceptors (Lipinski definition) is 10. The molecule has 1 aliphatic heterocycles. The van der Waals surface area contributed by atoms with Gasteiger partial charge < -0.3 is 50.5 Å². The molecule has 8 N–H and O–H groups in total. The number of aliphatic hydroxyl groups excluding tert-OH is 7. The average Bonchev–Trinajstić information content (AvgIpc) is 3.13. The summed E-state index contributed by atoms with van der Waals surface area (Å²) in [6, 6.07) is -1.16. The first-order valence-electron chi connectivity index (χ1n) is 20.9. The fraction of sp³-hybridized carbons (Fsp3) is 0.975. The first-order chi connectivity index (χ1) is 24.7. The molecule has 0 bridgehead atoms. The number of carbonyl (C=O) groups is 1. The highest BCUT2D eigenvalue weighted by Crippen LogP contribution is 2.23. The van der Waals surface area contributed by atoms with Gasteiger partial charge in [-0.15, -0.1) is 0 Å². The highest BCUT2D eigenvalue weighted by molar-refractivity contribution is 5.80. The molecule has 0 aliphatic carbocycles. The fourth-order valence-corrected chi connectivity index (χ4v) is 6.85. The minimum absolute atomic E-state index is 0.264. The molecule has 0 radical (unpaired) electrons. The molecular formula is C40H79NO10. The fourth-order valence-electron chi connectivity index (χ4n) is 6.85. The minimum atomic E-state index is -1.65. The molecule has 304 valence electrons. The van der Waals surface area contributed by atoms with Crippen molar-refractivity contribution < 1.29 is 50.0 Å². The number of aliphatic hydroxyl groups is 7. The van der Waals surface area contributed by atoms with Crippen molar-refractivity contribution in [3.63, 3.8) is 0 Å². The van der Waals surface area contributed by atoms with Crippen molar-refractivity contribution in [2.24, 2.45) is 0 Å². The van der Waals surface area contributed by atoms with Crippen LogP contribution in [0.3, 0.4) is 0 Å². The number of amides is 1. The Bertz CT molecular complexity index is 805. The van der Waals surface area contributed by atoms with Gasteiger partial charge in [0.1, 0.15) is 36.6 Å². The lowest BCUT2D eigenvalue weighted by Gasteiger charge is -2.40. The van der Waals surface area contributed by atoms with Crippen molar-refractivity contribution in [1.82, 2.24) is 5.32 Å². The van der Waals surface area contributed by atoms with Crippen LogP contribution in [0.5, 0.6) is 0 Å². The van der Waals surface area contributed by atoms with E-state index in [-0.39, 0.29) is 6.42 Å². The molecule has 1 amide bonds. The molecule has 0 aromatic heterocycles. The van der Waals surface area contributed by atoms with Gasteiger partial charge in [0.05, 0.1) is 25.4 Å². The lowest BCUT2D eigenvalue weighted by molar-refractivity contribution is -0.303. The molecule has 11 heteroatoms. The third-order valence-corrected chi connectivity index (χ3v) is 10.4. The van der Waals surface area contributed by atoms with Crippen molar-refractivity contribution >= 4 is 5.91 Å². The third kappa shape index (κ3) is 22.2. The Hall–Kier alpha value is -0.890. The first kappa shape index (κ1) is 48.1. The van der Waals surface area contributed by atoms with Crippen LogP contribution in [0.1, 0.15) is 181 Å². The van der Waals surface area contributed by atoms with E-state index < -0.39 is 74.2 Å². The van der Waals surface area contributed by atoms with E-state index in [1.165, 1.54) is 103 Å². The van der Waals surface area contributed by atoms with Crippen LogP contribution in [0, 0.1) is 0 Å². The predicted molar refractivity (Wildman–Crippen MR) is 201 cm³/mol. The monoisotopic (exact) mass is 734 g/mol. The Morgan fingerprint density at radius 3 is 1.45 bits per heavy atom. The van der Waals surface area contributed by atoms with Gasteiger partial charge in [-0.3, -0.25) is 4.79 Å². The number of unbranched alkanes of at least 4 members (excludes halogenated alkanes) is 22. The van der Waals surface area contributed by atoms with Gasteiger partial charge >= 0.3 is 0 Å². The lowest BCUT2D eigenvalue weighted by atomic mass is 9.98. The van der Waals surface area contributed by atoms with E-state index in [0.717, 1.165) is 38.5 Å². The van der Waals surface area contributed by atoms with Crippen LogP contribution in [0.2, 0.25) is 0 Å². The van der Waals surface area contributed by atoms with Gasteiger partial charge in [-0.05, 0) is 12.8 Å². The topological polar surface area (TPSA) is 189 Å². The van der Waals surface area contributed by atoms with Crippen LogP contribution in [-0.2, 0) is 14.3 Å². The normalized spacial score (nSPS) is 23.2. The van der Waals surface area contributed by atoms with Gasteiger partial charge in [0.2, 0.25) is 5.91 Å². The molecule has 0 spiro atoms. The van der Waals surface area contributed by atoms with Crippen molar-refractivity contribution in [2.75, 3.05) is 13.2 Å². The van der Waals surface area contributed by atoms with Crippen LogP contribution in [0.4, 0.5) is 0 Å². The van der Waals surface area contributed by atoms with Gasteiger partial charge in [-0.25, -0.2) is 0 Å². The van der Waals surface area contributed by atoms with Gasteiger partial charge in [0.15, 0.2) is 6.29 Å². The van der Waals surface area contributed by atoms with E-state index in [0.29, 0.717) is 19.3 Å². The van der Waals surface area contributed by atoms with Gasteiger partial charge in [0.25, 0.3) is 0 Å². The summed E-state index contributed by atoms with van der Waals surface area (Å²) < 4.78 is 11.0. The first-order valence-corrected chi connectivity index (χ1v) is 20.9. The summed E-state index contributed by atoms with van der Waals surface area (Å²) in [5.74, 6) is -0.698. The van der Waals surface area contributed by atoms with E-state index in [9.17, 15) is 40.5 Å². The SMILES string of the molecule is CCCCCCCCCCCCCCCCC(O)C(O)C(COC1OC(CO)C(O)C(O)C1O)NC(=O)C(O)CCCCCCCCCCCC. The quantitative estimate of drug-likeness (QED) is 0.0390. The maximum absolute atomic E-state index is 13.0. The Labute approximate surface area is 309 Å². The third-order valence-electron chi connectivity index (χ3n) is 10.4. The van der Waals surface area contributed by atoms with E-state index in [2.05, 4.69) is 19.2 Å². The molecule has 1 saturated heterocycles. The summed E-state index contributed by atoms with van der Waals surface area (Å²) in [5, 5.41) is 75.3. The predicted octanol–water partition coefficient (Wildman–Crippen LogP) is 5.55. The van der Waals surface area contributed by atoms with Crippen LogP contribution >= 0.6 is 0 Å². The second-order valence-electron chi connectivity index (χ2n) is 15.1. The number of carbonyl (C=O) groups excluding carboxylic acids is 1. The standard InChI is InChI=1S/C40H79NO10/c1-3-5-7-9-11-13-15-16-17-18-20-21-23-25-27-32(43)35(45)31(30-50-40-38(48)37(47)36(46)34(29-42)51-40)41-39(49)33(44)28-26-24-22-19-14-12-10-8-6-4-2/h31-38,40,42-48H,3-30H2,1-2H3,(H,41,49). The zero-order valence-electron chi connectivity index (χ0n) is 32.4. The van der Waals surface area contributed by atoms with E-state index in [4.69, 9.17) is 9.47 Å². The van der Waals surface area contributed by atoms with Gasteiger partial charge in [-0.2, -0.15) is 0 Å². The zero-order valence-corrected chi connectivity index (χ0v) is 32.4. The highest BCUT2D eigenvalue weighted by atomic mass is 16.7. The number of ether oxygens (including phenoxy) is 2. The largest absolute Gasteiger partial charge is 0.394 e. The molecule has 0 aromatic carbocycles. The van der Waals surface area contributed by atoms with Crippen LogP contribution < -0.4 is 5.32 Å². The summed E-state index contributed by atoms with van der Waals surface area (Å²) >= 11 is 0. The lowest BCUT2D eigenvalue weighted by Crippen LogP contribution is -2.60. The molecule has 51 heavy (non-hydrogen) atoms. The highest BCUT2D eigenvalue weighted by Gasteiger charge is 2.44. The summed E-state index contributed by atoms with van der Waals surface area (Å²) in [4.78, 5) is 13.0. The zero-order chi connectivity index (χ0) is 37.7. The number of nitrogens with one attached hydrogen (secondary N) is 1. The van der Waals surface area contributed by atoms with Crippen molar-refractivity contribution in [1.29, 1.82) is 0 Å². The van der Waals surface area contributed by atoms with Crippen LogP contribution in [0.25, 0.3) is 0 Å². The van der Waals surface area contributed by atoms with Crippen molar-refractivity contribution in [3.8, 4) is 0 Å². The molecule has 1 fully saturated rings. The molecular weight excluding hydrogens is 654 g/mol. The Morgan fingerprint density at radius 1 is 0.608 bits per heavy atom. The van der Waals surface area contributed by atoms with E-state index >= 15 is 0 Å². The molecule has 11 nitrogen and oxygen atoms in total. The van der Waals surface area contributed by atoms with E-state index in [1.807, 2.05) is 0 Å². The molecule has 1 heterocycles. The molecule has 9 unspecified atom stereocenters. The van der Waals surface area contributed by atoms with Crippen molar-refractivity contribution in [2.45, 2.75) is 236 Å². The van der Waals surface area contributed by atoms with Crippen LogP contribution in [0.15, 0.2) is 0 Å². The maximum Gasteiger partial charge on any atom is 0.249 e. The smallest absolute Gasteiger partial charge is 0.249 e. The molecule has 0 aromatic rings. The summed E-state index contributed by atoms with van der Waals surface area (Å²) in [6.07, 6.45) is 17.3. The summed E-state index contributed by atoms with van der Waals surface area (Å²) in [7, 11) is 0. The Kier molecular flexibility index (Phi) is 29.7. The van der Waals surface area contributed by atoms with Gasteiger partial charge in [0, 0.05) is 0 Å². The molecule has 1 rings (SSSR count). The van der Waals surface area contributed by atoms with Crippen LogP contribution in [-0.4, -0.2) is 110 Å². The minimum Gasteiger partial charge on any atom is -0.394 e. The Morgan fingerprint density at radius 2 is 1.02 bits per heavy atom. The molecule has 0 saturated carbocycles. The van der Waals surface area contributed by atoms with E-state index in [1.54, 1.807) is 0 Å². The summed E-state index contributed by atoms with van der Waals surface area (Å²) in [6.45, 7) is 3.40. The number of rotatable bonds is 34. The molecule has 9 atom stereocenters. The number of hydrogen-bond donors (Lipinski definition) is 8. The Balaban J connectivity index is 2.52. The second-order valence-corrected chi connectivity index (χ2v) is 15.1. The second kappa shape index (κ2) is 31.5. The molecule has 1 aliphatic rings. The van der Waals surface area contributed by atoms with Crippen molar-refractivity contribution in [3.05, 3.63) is 0 Å². The maximum atomic E-state index is 13.0. The van der Waals surface area contributed by atoms with Gasteiger partial charge in [-0.1, -0.05) is 168 Å². The average molecular weight is 734 g/mol. The summed E-state index contributed by atoms with van der Waals surface area (Å²) in [5.41, 5.74) is 0.